The Hall–Kier alpha value is -3.28. The van der Waals surface area contributed by atoms with E-state index in [9.17, 15) is 14.4 Å². The van der Waals surface area contributed by atoms with Crippen molar-refractivity contribution >= 4 is 29.6 Å². The molecule has 0 bridgehead atoms. The molecule has 1 aliphatic carbocycles. The minimum Gasteiger partial charge on any atom is -0.339 e. The SMILES string of the molecule is C/C(=C\c1ccccc1)C(=O)N1CCC(N2C(=O)N=C3C=CC=CC3C2=O)CC1. The highest BCUT2D eigenvalue weighted by atomic mass is 16.2. The van der Waals surface area contributed by atoms with Crippen LogP contribution in [-0.4, -0.2) is 52.5 Å². The summed E-state index contributed by atoms with van der Waals surface area (Å²) in [5.41, 5.74) is 2.17. The van der Waals surface area contributed by atoms with Gasteiger partial charge in [-0.05, 0) is 37.5 Å². The maximum Gasteiger partial charge on any atom is 0.350 e. The Morgan fingerprint density at radius 1 is 1.10 bits per heavy atom. The number of carbonyl (C=O) groups excluding carboxylic acids is 3. The van der Waals surface area contributed by atoms with Gasteiger partial charge in [-0.1, -0.05) is 48.6 Å². The third-order valence-electron chi connectivity index (χ3n) is 5.57. The minimum atomic E-state index is -0.494. The van der Waals surface area contributed by atoms with Gasteiger partial charge in [0.1, 0.15) is 0 Å². The van der Waals surface area contributed by atoms with E-state index in [-0.39, 0.29) is 17.9 Å². The fourth-order valence-corrected chi connectivity index (χ4v) is 4.03. The monoisotopic (exact) mass is 389 g/mol. The van der Waals surface area contributed by atoms with Gasteiger partial charge in [-0.2, -0.15) is 4.99 Å². The Morgan fingerprint density at radius 3 is 2.55 bits per heavy atom. The number of imide groups is 1. The van der Waals surface area contributed by atoms with Crippen LogP contribution >= 0.6 is 0 Å². The number of piperidine rings is 1. The maximum absolute atomic E-state index is 12.8. The van der Waals surface area contributed by atoms with Gasteiger partial charge < -0.3 is 4.90 Å². The third-order valence-corrected chi connectivity index (χ3v) is 5.57. The van der Waals surface area contributed by atoms with E-state index in [0.717, 1.165) is 5.56 Å². The molecule has 1 unspecified atom stereocenters. The zero-order chi connectivity index (χ0) is 20.4. The lowest BCUT2D eigenvalue weighted by molar-refractivity contribution is -0.133. The number of likely N-dealkylation sites (tertiary alicyclic amines) is 1. The van der Waals surface area contributed by atoms with Gasteiger partial charge in [0.25, 0.3) is 0 Å². The highest BCUT2D eigenvalue weighted by molar-refractivity contribution is 6.21. The van der Waals surface area contributed by atoms with E-state index < -0.39 is 11.9 Å². The van der Waals surface area contributed by atoms with Crippen LogP contribution < -0.4 is 0 Å². The molecule has 2 heterocycles. The fourth-order valence-electron chi connectivity index (χ4n) is 4.03. The van der Waals surface area contributed by atoms with Crippen molar-refractivity contribution in [3.8, 4) is 0 Å². The molecule has 0 radical (unpaired) electrons. The van der Waals surface area contributed by atoms with Gasteiger partial charge in [0.2, 0.25) is 11.8 Å². The van der Waals surface area contributed by atoms with Gasteiger partial charge in [-0.15, -0.1) is 0 Å². The number of nitrogens with zero attached hydrogens (tertiary/aromatic N) is 3. The molecule has 6 nitrogen and oxygen atoms in total. The van der Waals surface area contributed by atoms with Crippen LogP contribution in [-0.2, 0) is 9.59 Å². The number of hydrogen-bond acceptors (Lipinski definition) is 3. The summed E-state index contributed by atoms with van der Waals surface area (Å²) in [5, 5.41) is 0. The van der Waals surface area contributed by atoms with E-state index in [4.69, 9.17) is 0 Å². The lowest BCUT2D eigenvalue weighted by atomic mass is 9.93. The first-order valence-electron chi connectivity index (χ1n) is 9.87. The van der Waals surface area contributed by atoms with Crippen LogP contribution in [0.2, 0.25) is 0 Å². The van der Waals surface area contributed by atoms with Gasteiger partial charge in [0.05, 0.1) is 11.6 Å². The molecule has 1 saturated heterocycles. The molecule has 1 fully saturated rings. The molecule has 2 aliphatic heterocycles. The van der Waals surface area contributed by atoms with Crippen LogP contribution in [0.4, 0.5) is 4.79 Å². The van der Waals surface area contributed by atoms with Gasteiger partial charge >= 0.3 is 6.03 Å². The summed E-state index contributed by atoms with van der Waals surface area (Å²) in [4.78, 5) is 45.3. The zero-order valence-electron chi connectivity index (χ0n) is 16.3. The molecule has 148 valence electrons. The molecule has 29 heavy (non-hydrogen) atoms. The molecule has 4 rings (SSSR count). The van der Waals surface area contributed by atoms with Crippen LogP contribution in [0.15, 0.2) is 65.2 Å². The van der Waals surface area contributed by atoms with Gasteiger partial charge in [0, 0.05) is 24.7 Å². The minimum absolute atomic E-state index is 0.00995. The molecule has 0 saturated carbocycles. The molecular weight excluding hydrogens is 366 g/mol. The Bertz CT molecular complexity index is 951. The van der Waals surface area contributed by atoms with Gasteiger partial charge in [0.15, 0.2) is 0 Å². The second-order valence-electron chi connectivity index (χ2n) is 7.51. The molecule has 3 aliphatic rings. The molecule has 1 atom stereocenters. The number of rotatable bonds is 3. The zero-order valence-corrected chi connectivity index (χ0v) is 16.3. The first kappa shape index (κ1) is 19.1. The van der Waals surface area contributed by atoms with Crippen LogP contribution in [0.25, 0.3) is 6.08 Å². The first-order chi connectivity index (χ1) is 14.0. The predicted molar refractivity (Wildman–Crippen MR) is 111 cm³/mol. The summed E-state index contributed by atoms with van der Waals surface area (Å²) in [6.45, 7) is 2.84. The average molecular weight is 389 g/mol. The molecule has 0 N–H and O–H groups in total. The molecule has 1 aromatic carbocycles. The van der Waals surface area contributed by atoms with Crippen molar-refractivity contribution < 1.29 is 14.4 Å². The van der Waals surface area contributed by atoms with Crippen molar-refractivity contribution in [3.63, 3.8) is 0 Å². The molecule has 0 aromatic heterocycles. The number of aliphatic imine (C=N–C) groups is 1. The Labute approximate surface area is 169 Å². The molecule has 0 spiro atoms. The van der Waals surface area contributed by atoms with E-state index in [1.54, 1.807) is 29.2 Å². The van der Waals surface area contributed by atoms with Crippen molar-refractivity contribution in [2.24, 2.45) is 10.9 Å². The largest absolute Gasteiger partial charge is 0.350 e. The second-order valence-corrected chi connectivity index (χ2v) is 7.51. The van der Waals surface area contributed by atoms with E-state index in [0.29, 0.717) is 37.2 Å². The van der Waals surface area contributed by atoms with Gasteiger partial charge in [-0.3, -0.25) is 14.5 Å². The van der Waals surface area contributed by atoms with Crippen LogP contribution in [0.3, 0.4) is 0 Å². The molecule has 4 amide bonds. The second kappa shape index (κ2) is 7.99. The van der Waals surface area contributed by atoms with Crippen molar-refractivity contribution in [2.45, 2.75) is 25.8 Å². The number of hydrogen-bond donors (Lipinski definition) is 0. The van der Waals surface area contributed by atoms with Crippen molar-refractivity contribution in [2.75, 3.05) is 13.1 Å². The lowest BCUT2D eigenvalue weighted by Gasteiger charge is -2.39. The number of amides is 4. The highest BCUT2D eigenvalue weighted by Crippen LogP contribution is 2.26. The average Bonchev–Trinajstić information content (AvgIpc) is 2.74. The van der Waals surface area contributed by atoms with Gasteiger partial charge in [-0.25, -0.2) is 4.79 Å². The summed E-state index contributed by atoms with van der Waals surface area (Å²) in [7, 11) is 0. The quantitative estimate of drug-likeness (QED) is 0.746. The number of allylic oxidation sites excluding steroid dienone is 3. The normalized spacial score (nSPS) is 22.6. The van der Waals surface area contributed by atoms with Crippen LogP contribution in [0.5, 0.6) is 0 Å². The van der Waals surface area contributed by atoms with Crippen molar-refractivity contribution in [1.82, 2.24) is 9.80 Å². The van der Waals surface area contributed by atoms with E-state index in [1.807, 2.05) is 43.3 Å². The number of benzene rings is 1. The fraction of sp³-hybridized carbons (Fsp3) is 0.304. The Morgan fingerprint density at radius 2 is 1.83 bits per heavy atom. The number of fused-ring (bicyclic) bond motifs is 1. The lowest BCUT2D eigenvalue weighted by Crippen LogP contribution is -2.54. The number of urea groups is 1. The van der Waals surface area contributed by atoms with Crippen molar-refractivity contribution in [3.05, 3.63) is 65.8 Å². The third kappa shape index (κ3) is 3.83. The van der Waals surface area contributed by atoms with Crippen LogP contribution in [0, 0.1) is 5.92 Å². The summed E-state index contributed by atoms with van der Waals surface area (Å²) in [6, 6.07) is 9.02. The smallest absolute Gasteiger partial charge is 0.339 e. The van der Waals surface area contributed by atoms with Crippen molar-refractivity contribution in [1.29, 1.82) is 0 Å². The van der Waals surface area contributed by atoms with E-state index >= 15 is 0 Å². The molecule has 6 heteroatoms. The highest BCUT2D eigenvalue weighted by Gasteiger charge is 2.41. The molecular formula is C23H23N3O3. The Kier molecular flexibility index (Phi) is 5.25. The Balaban J connectivity index is 1.41. The predicted octanol–water partition coefficient (Wildman–Crippen LogP) is 3.23. The first-order valence-corrected chi connectivity index (χ1v) is 9.87. The van der Waals surface area contributed by atoms with E-state index in [2.05, 4.69) is 4.99 Å². The van der Waals surface area contributed by atoms with Crippen LogP contribution in [0.1, 0.15) is 25.3 Å². The number of carbonyl (C=O) groups is 3. The maximum atomic E-state index is 12.8. The summed E-state index contributed by atoms with van der Waals surface area (Å²) < 4.78 is 0. The summed E-state index contributed by atoms with van der Waals surface area (Å²) >= 11 is 0. The molecule has 1 aromatic rings. The topological polar surface area (TPSA) is 70.1 Å². The van der Waals surface area contributed by atoms with E-state index in [1.165, 1.54) is 4.90 Å². The standard InChI is InChI=1S/C23H23N3O3/c1-16(15-17-7-3-2-4-8-17)21(27)25-13-11-18(12-14-25)26-22(28)19-9-5-6-10-20(19)24-23(26)29/h2-10,15,18-19H,11-14H2,1H3/b16-15+. The summed E-state index contributed by atoms with van der Waals surface area (Å²) in [5.74, 6) is -0.705. The summed E-state index contributed by atoms with van der Waals surface area (Å²) in [6.07, 6.45) is 10.1.